The molecule has 0 bridgehead atoms. The predicted octanol–water partition coefficient (Wildman–Crippen LogP) is 9.21. The van der Waals surface area contributed by atoms with Crippen LogP contribution >= 0.6 is 11.6 Å². The molecule has 0 radical (unpaired) electrons. The summed E-state index contributed by atoms with van der Waals surface area (Å²) in [6, 6.07) is 6.60. The molecule has 1 aromatic carbocycles. The quantitative estimate of drug-likeness (QED) is 0.0926. The maximum atomic E-state index is 11.5. The van der Waals surface area contributed by atoms with Gasteiger partial charge in [-0.15, -0.1) is 0 Å². The fraction of sp³-hybridized carbons (Fsp3) is 0.625. The third-order valence-electron chi connectivity index (χ3n) is 9.85. The first kappa shape index (κ1) is 35.5. The Hall–Kier alpha value is -2.36. The van der Waals surface area contributed by atoms with E-state index in [1.807, 2.05) is 10.8 Å². The molecule has 10 nitrogen and oxygen atoms in total. The number of hydrogen-bond acceptors (Lipinski definition) is 8. The SMILES string of the molecule is CC[C@H]1O[C@@H](n2cc(COCc3ccccc3[N+](=O)[O-])c3c(Cl)nc(N[Si](C)(C)C(C)(C)C)nc32)CC1O[Si](C)(C)C(C)(C)C. The molecule has 1 N–H and O–H groups in total. The number of hydrogen-bond donors (Lipinski definition) is 1. The Balaban J connectivity index is 1.72. The average molecular weight is 676 g/mol. The van der Waals surface area contributed by atoms with Gasteiger partial charge in [0.25, 0.3) is 5.69 Å². The van der Waals surface area contributed by atoms with Gasteiger partial charge >= 0.3 is 0 Å². The van der Waals surface area contributed by atoms with E-state index in [4.69, 9.17) is 30.5 Å². The van der Waals surface area contributed by atoms with Crippen LogP contribution in [0.2, 0.25) is 41.4 Å². The molecule has 3 aromatic rings. The minimum atomic E-state index is -2.04. The highest BCUT2D eigenvalue weighted by Gasteiger charge is 2.45. The summed E-state index contributed by atoms with van der Waals surface area (Å²) >= 11 is 6.92. The standard InChI is InChI=1S/C32H50ClN5O5Si2/c1-12-24-25(43-45(10,11)32(5,6)7)17-26(42-24)37-18-22(20-41-19-21-15-13-14-16-23(21)38(39)40)27-28(33)34-30(35-29(27)37)36-44(8,9)31(2,3)4/h13-16,18,24-26H,12,17,19-20H2,1-11H3,(H,34,35,36)/t24-,25?,26-/m1/s1. The van der Waals surface area contributed by atoms with Crippen molar-refractivity contribution in [2.45, 2.75) is 129 Å². The first-order valence-corrected chi connectivity index (χ1v) is 22.0. The second-order valence-electron chi connectivity index (χ2n) is 15.2. The minimum absolute atomic E-state index is 0.0281. The van der Waals surface area contributed by atoms with Gasteiger partial charge in [0, 0.05) is 24.2 Å². The molecular formula is C32H50ClN5O5Si2. The number of anilines is 1. The summed E-state index contributed by atoms with van der Waals surface area (Å²) in [6.07, 6.45) is 3.07. The highest BCUT2D eigenvalue weighted by Crippen LogP contribution is 2.43. The van der Waals surface area contributed by atoms with Gasteiger partial charge in [0.15, 0.2) is 16.6 Å². The topological polar surface area (TPSA) is 114 Å². The van der Waals surface area contributed by atoms with Crippen molar-refractivity contribution in [2.24, 2.45) is 0 Å². The van der Waals surface area contributed by atoms with Gasteiger partial charge in [-0.25, -0.2) is 4.98 Å². The Bertz CT molecular complexity index is 1530. The zero-order valence-corrected chi connectivity index (χ0v) is 31.4. The summed E-state index contributed by atoms with van der Waals surface area (Å²) in [5.41, 5.74) is 1.98. The first-order valence-electron chi connectivity index (χ1n) is 15.7. The molecule has 1 aliphatic heterocycles. The number of para-hydroxylation sites is 1. The van der Waals surface area contributed by atoms with Crippen LogP contribution in [-0.4, -0.2) is 48.2 Å². The molecule has 1 saturated heterocycles. The number of rotatable bonds is 11. The molecule has 1 unspecified atom stereocenters. The second kappa shape index (κ2) is 13.0. The van der Waals surface area contributed by atoms with Crippen molar-refractivity contribution in [2.75, 3.05) is 4.98 Å². The van der Waals surface area contributed by atoms with E-state index in [0.29, 0.717) is 34.1 Å². The van der Waals surface area contributed by atoms with Crippen LogP contribution in [0.15, 0.2) is 30.5 Å². The van der Waals surface area contributed by atoms with E-state index in [-0.39, 0.29) is 47.4 Å². The number of nitro groups is 1. The van der Waals surface area contributed by atoms with Crippen molar-refractivity contribution in [3.8, 4) is 0 Å². The number of nitro benzene ring substituents is 1. The Labute approximate surface area is 274 Å². The fourth-order valence-corrected chi connectivity index (χ4v) is 7.72. The molecule has 0 amide bonds. The molecule has 45 heavy (non-hydrogen) atoms. The smallest absolute Gasteiger partial charge is 0.274 e. The number of benzene rings is 1. The van der Waals surface area contributed by atoms with Gasteiger partial charge in [-0.2, -0.15) is 4.98 Å². The maximum absolute atomic E-state index is 11.5. The van der Waals surface area contributed by atoms with Crippen molar-refractivity contribution >= 4 is 50.8 Å². The van der Waals surface area contributed by atoms with Crippen LogP contribution in [0.3, 0.4) is 0 Å². The van der Waals surface area contributed by atoms with Crippen LogP contribution in [0, 0.1) is 10.1 Å². The van der Waals surface area contributed by atoms with Crippen LogP contribution < -0.4 is 4.98 Å². The van der Waals surface area contributed by atoms with Crippen LogP contribution in [0.4, 0.5) is 11.6 Å². The summed E-state index contributed by atoms with van der Waals surface area (Å²) in [7, 11) is -4.05. The fourth-order valence-electron chi connectivity index (χ4n) is 5.03. The van der Waals surface area contributed by atoms with Crippen molar-refractivity contribution in [1.82, 2.24) is 14.5 Å². The lowest BCUT2D eigenvalue weighted by atomic mass is 10.1. The number of fused-ring (bicyclic) bond motifs is 1. The van der Waals surface area contributed by atoms with Crippen LogP contribution in [0.5, 0.6) is 0 Å². The van der Waals surface area contributed by atoms with Crippen molar-refractivity contribution < 1.29 is 18.8 Å². The summed E-state index contributed by atoms with van der Waals surface area (Å²) in [5, 5.41) is 12.7. The molecule has 0 saturated carbocycles. The predicted molar refractivity (Wildman–Crippen MR) is 186 cm³/mol. The van der Waals surface area contributed by atoms with Crippen LogP contribution in [-0.2, 0) is 27.1 Å². The minimum Gasteiger partial charge on any atom is -0.411 e. The second-order valence-corrected chi connectivity index (χ2v) is 25.3. The van der Waals surface area contributed by atoms with Gasteiger partial charge in [-0.3, -0.25) is 10.1 Å². The third kappa shape index (κ3) is 7.63. The summed E-state index contributed by atoms with van der Waals surface area (Å²) in [5.74, 6) is 0.491. The summed E-state index contributed by atoms with van der Waals surface area (Å²) < 4.78 is 21.7. The van der Waals surface area contributed by atoms with Gasteiger partial charge in [0.2, 0.25) is 5.95 Å². The van der Waals surface area contributed by atoms with E-state index in [9.17, 15) is 10.1 Å². The molecule has 3 heterocycles. The number of nitrogens with one attached hydrogen (secondary N) is 1. The van der Waals surface area contributed by atoms with Crippen LogP contribution in [0.25, 0.3) is 11.0 Å². The lowest BCUT2D eigenvalue weighted by Crippen LogP contribution is -2.46. The monoisotopic (exact) mass is 675 g/mol. The Morgan fingerprint density at radius 3 is 2.31 bits per heavy atom. The van der Waals surface area contributed by atoms with Gasteiger partial charge in [-0.1, -0.05) is 85.3 Å². The van der Waals surface area contributed by atoms with Gasteiger partial charge in [-0.05, 0) is 35.7 Å². The lowest BCUT2D eigenvalue weighted by Gasteiger charge is -2.39. The maximum Gasteiger partial charge on any atom is 0.274 e. The van der Waals surface area contributed by atoms with E-state index in [1.165, 1.54) is 6.07 Å². The van der Waals surface area contributed by atoms with E-state index >= 15 is 0 Å². The Morgan fingerprint density at radius 1 is 1.07 bits per heavy atom. The Morgan fingerprint density at radius 2 is 1.71 bits per heavy atom. The molecule has 1 fully saturated rings. The molecule has 248 valence electrons. The zero-order valence-electron chi connectivity index (χ0n) is 28.7. The lowest BCUT2D eigenvalue weighted by molar-refractivity contribution is -0.386. The molecule has 13 heteroatoms. The number of nitrogens with zero attached hydrogens (tertiary/aromatic N) is 4. The number of ether oxygens (including phenoxy) is 2. The molecule has 0 spiro atoms. The van der Waals surface area contributed by atoms with Crippen LogP contribution in [0.1, 0.15) is 78.7 Å². The van der Waals surface area contributed by atoms with E-state index in [1.54, 1.807) is 18.2 Å². The molecule has 4 rings (SSSR count). The van der Waals surface area contributed by atoms with E-state index in [0.717, 1.165) is 12.0 Å². The van der Waals surface area contributed by atoms with Crippen molar-refractivity contribution in [1.29, 1.82) is 0 Å². The molecule has 0 aliphatic carbocycles. The first-order chi connectivity index (χ1) is 20.8. The molecule has 1 aliphatic rings. The molecular weight excluding hydrogens is 626 g/mol. The highest BCUT2D eigenvalue weighted by atomic mass is 35.5. The van der Waals surface area contributed by atoms with Crippen molar-refractivity contribution in [3.63, 3.8) is 0 Å². The zero-order chi connectivity index (χ0) is 33.5. The Kier molecular flexibility index (Phi) is 10.3. The van der Waals surface area contributed by atoms with Crippen molar-refractivity contribution in [3.05, 3.63) is 56.9 Å². The number of halogens is 1. The van der Waals surface area contributed by atoms with Gasteiger partial charge in [0.05, 0.1) is 41.3 Å². The largest absolute Gasteiger partial charge is 0.411 e. The summed E-state index contributed by atoms with van der Waals surface area (Å²) in [4.78, 5) is 24.5. The summed E-state index contributed by atoms with van der Waals surface area (Å²) in [6.45, 7) is 24.9. The third-order valence-corrected chi connectivity index (χ3v) is 19.2. The number of aromatic nitrogens is 3. The van der Waals surface area contributed by atoms with Gasteiger partial charge in [0.1, 0.15) is 17.0 Å². The molecule has 3 atom stereocenters. The van der Waals surface area contributed by atoms with E-state index in [2.05, 4.69) is 84.6 Å². The molecule has 2 aromatic heterocycles. The highest BCUT2D eigenvalue weighted by molar-refractivity contribution is 6.82. The van der Waals surface area contributed by atoms with Gasteiger partial charge < -0.3 is 23.4 Å². The normalized spacial score (nSPS) is 19.8. The average Bonchev–Trinajstić information content (AvgIpc) is 3.48. The van der Waals surface area contributed by atoms with E-state index < -0.39 is 21.5 Å².